The summed E-state index contributed by atoms with van der Waals surface area (Å²) in [5, 5.41) is 0. The normalized spacial score (nSPS) is 11.2. The minimum Gasteiger partial charge on any atom is -0.497 e. The Kier molecular flexibility index (Phi) is 6.01. The molecule has 1 N–H and O–H groups in total. The van der Waals surface area contributed by atoms with E-state index in [1.807, 2.05) is 24.3 Å². The number of para-hydroxylation sites is 1. The lowest BCUT2D eigenvalue weighted by atomic mass is 10.1. The standard InChI is InChI=1S/C17H21NO4S/c1-3-14-6-4-5-7-17(14)22-13-12-18-23(19,20)16-10-8-15(21-2)9-11-16/h4-11,18H,3,12-13H2,1-2H3. The molecule has 0 saturated heterocycles. The van der Waals surface area contributed by atoms with Crippen LogP contribution in [-0.2, 0) is 16.4 Å². The number of sulfonamides is 1. The smallest absolute Gasteiger partial charge is 0.240 e. The molecular formula is C17H21NO4S. The lowest BCUT2D eigenvalue weighted by Gasteiger charge is -2.11. The number of nitrogens with one attached hydrogen (secondary N) is 1. The molecule has 0 aliphatic rings. The van der Waals surface area contributed by atoms with E-state index >= 15 is 0 Å². The predicted molar refractivity (Wildman–Crippen MR) is 89.5 cm³/mol. The SMILES string of the molecule is CCc1ccccc1OCCNS(=O)(=O)c1ccc(OC)cc1. The fourth-order valence-corrected chi connectivity index (χ4v) is 3.13. The van der Waals surface area contributed by atoms with Crippen molar-refractivity contribution in [1.29, 1.82) is 0 Å². The van der Waals surface area contributed by atoms with Crippen molar-refractivity contribution in [2.45, 2.75) is 18.2 Å². The van der Waals surface area contributed by atoms with Crippen molar-refractivity contribution in [3.63, 3.8) is 0 Å². The number of hydrogen-bond acceptors (Lipinski definition) is 4. The maximum Gasteiger partial charge on any atom is 0.240 e. The Hall–Kier alpha value is -2.05. The van der Waals surface area contributed by atoms with Gasteiger partial charge in [0, 0.05) is 6.54 Å². The van der Waals surface area contributed by atoms with E-state index in [4.69, 9.17) is 9.47 Å². The van der Waals surface area contributed by atoms with E-state index < -0.39 is 10.0 Å². The van der Waals surface area contributed by atoms with Crippen LogP contribution in [0.1, 0.15) is 12.5 Å². The second kappa shape index (κ2) is 7.99. The van der Waals surface area contributed by atoms with Gasteiger partial charge in [-0.3, -0.25) is 0 Å². The molecule has 124 valence electrons. The first-order valence-corrected chi connectivity index (χ1v) is 8.89. The predicted octanol–water partition coefficient (Wildman–Crippen LogP) is 2.61. The van der Waals surface area contributed by atoms with Crippen molar-refractivity contribution in [3.05, 3.63) is 54.1 Å². The number of ether oxygens (including phenoxy) is 2. The maximum atomic E-state index is 12.2. The molecule has 0 unspecified atom stereocenters. The summed E-state index contributed by atoms with van der Waals surface area (Å²) in [5.41, 5.74) is 1.10. The third-order valence-electron chi connectivity index (χ3n) is 3.37. The monoisotopic (exact) mass is 335 g/mol. The van der Waals surface area contributed by atoms with Gasteiger partial charge in [-0.1, -0.05) is 25.1 Å². The van der Waals surface area contributed by atoms with Gasteiger partial charge in [0.1, 0.15) is 18.1 Å². The van der Waals surface area contributed by atoms with Crippen LogP contribution in [0.3, 0.4) is 0 Å². The van der Waals surface area contributed by atoms with E-state index in [0.29, 0.717) is 5.75 Å². The lowest BCUT2D eigenvalue weighted by molar-refractivity contribution is 0.320. The van der Waals surface area contributed by atoms with E-state index in [1.165, 1.54) is 19.2 Å². The van der Waals surface area contributed by atoms with Crippen molar-refractivity contribution in [1.82, 2.24) is 4.72 Å². The number of benzene rings is 2. The molecule has 0 saturated carbocycles. The number of aryl methyl sites for hydroxylation is 1. The van der Waals surface area contributed by atoms with Gasteiger partial charge < -0.3 is 9.47 Å². The highest BCUT2D eigenvalue weighted by Crippen LogP contribution is 2.18. The minimum absolute atomic E-state index is 0.201. The molecule has 2 aromatic carbocycles. The summed E-state index contributed by atoms with van der Waals surface area (Å²) in [4.78, 5) is 0.201. The van der Waals surface area contributed by atoms with Gasteiger partial charge in [-0.2, -0.15) is 0 Å². The molecule has 2 aromatic rings. The maximum absolute atomic E-state index is 12.2. The van der Waals surface area contributed by atoms with Crippen molar-refractivity contribution in [3.8, 4) is 11.5 Å². The van der Waals surface area contributed by atoms with Crippen LogP contribution in [-0.4, -0.2) is 28.7 Å². The van der Waals surface area contributed by atoms with Gasteiger partial charge in [-0.15, -0.1) is 0 Å². The van der Waals surface area contributed by atoms with Crippen molar-refractivity contribution < 1.29 is 17.9 Å². The Morgan fingerprint density at radius 2 is 1.74 bits per heavy atom. The summed E-state index contributed by atoms with van der Waals surface area (Å²) >= 11 is 0. The van der Waals surface area contributed by atoms with E-state index in [0.717, 1.165) is 17.7 Å². The summed E-state index contributed by atoms with van der Waals surface area (Å²) in [7, 11) is -2.01. The zero-order valence-electron chi connectivity index (χ0n) is 13.3. The van der Waals surface area contributed by atoms with Gasteiger partial charge in [-0.05, 0) is 42.3 Å². The molecule has 0 aromatic heterocycles. The van der Waals surface area contributed by atoms with Crippen LogP contribution in [0.4, 0.5) is 0 Å². The van der Waals surface area contributed by atoms with Gasteiger partial charge in [-0.25, -0.2) is 13.1 Å². The third kappa shape index (κ3) is 4.71. The minimum atomic E-state index is -3.54. The summed E-state index contributed by atoms with van der Waals surface area (Å²) in [6.45, 7) is 2.52. The van der Waals surface area contributed by atoms with Gasteiger partial charge in [0.2, 0.25) is 10.0 Å². The first-order chi connectivity index (χ1) is 11.1. The van der Waals surface area contributed by atoms with E-state index in [-0.39, 0.29) is 18.0 Å². The average Bonchev–Trinajstić information content (AvgIpc) is 2.59. The molecule has 5 nitrogen and oxygen atoms in total. The molecular weight excluding hydrogens is 314 g/mol. The highest BCUT2D eigenvalue weighted by Gasteiger charge is 2.13. The Balaban J connectivity index is 1.89. The average molecular weight is 335 g/mol. The number of rotatable bonds is 8. The van der Waals surface area contributed by atoms with Gasteiger partial charge in [0.15, 0.2) is 0 Å². The second-order valence-corrected chi connectivity index (χ2v) is 6.65. The molecule has 0 radical (unpaired) electrons. The fraction of sp³-hybridized carbons (Fsp3) is 0.294. The van der Waals surface area contributed by atoms with Crippen LogP contribution in [0.2, 0.25) is 0 Å². The molecule has 6 heteroatoms. The van der Waals surface area contributed by atoms with Crippen LogP contribution in [0.15, 0.2) is 53.4 Å². The van der Waals surface area contributed by atoms with Crippen molar-refractivity contribution in [2.24, 2.45) is 0 Å². The van der Waals surface area contributed by atoms with E-state index in [1.54, 1.807) is 12.1 Å². The number of hydrogen-bond donors (Lipinski definition) is 1. The highest BCUT2D eigenvalue weighted by atomic mass is 32.2. The fourth-order valence-electron chi connectivity index (χ4n) is 2.11. The van der Waals surface area contributed by atoms with Crippen LogP contribution < -0.4 is 14.2 Å². The Bertz CT molecular complexity index is 727. The van der Waals surface area contributed by atoms with Crippen molar-refractivity contribution in [2.75, 3.05) is 20.3 Å². The Labute approximate surface area is 137 Å². The van der Waals surface area contributed by atoms with Gasteiger partial charge >= 0.3 is 0 Å². The van der Waals surface area contributed by atoms with Crippen LogP contribution in [0.25, 0.3) is 0 Å². The third-order valence-corrected chi connectivity index (χ3v) is 4.85. The first kappa shape index (κ1) is 17.3. The van der Waals surface area contributed by atoms with E-state index in [9.17, 15) is 8.42 Å². The summed E-state index contributed by atoms with van der Waals surface area (Å²) in [6, 6.07) is 14.0. The number of methoxy groups -OCH3 is 1. The topological polar surface area (TPSA) is 64.6 Å². The zero-order valence-corrected chi connectivity index (χ0v) is 14.1. The molecule has 0 fully saturated rings. The first-order valence-electron chi connectivity index (χ1n) is 7.41. The van der Waals surface area contributed by atoms with Crippen molar-refractivity contribution >= 4 is 10.0 Å². The van der Waals surface area contributed by atoms with E-state index in [2.05, 4.69) is 11.6 Å². The molecule has 23 heavy (non-hydrogen) atoms. The molecule has 2 rings (SSSR count). The Morgan fingerprint density at radius 3 is 2.39 bits per heavy atom. The molecule has 0 aliphatic carbocycles. The summed E-state index contributed by atoms with van der Waals surface area (Å²) in [5.74, 6) is 1.40. The van der Waals surface area contributed by atoms with Crippen LogP contribution >= 0.6 is 0 Å². The molecule has 0 atom stereocenters. The molecule has 0 aliphatic heterocycles. The second-order valence-electron chi connectivity index (χ2n) is 4.88. The van der Waals surface area contributed by atoms with Gasteiger partial charge in [0.25, 0.3) is 0 Å². The van der Waals surface area contributed by atoms with Crippen LogP contribution in [0, 0.1) is 0 Å². The Morgan fingerprint density at radius 1 is 1.04 bits per heavy atom. The molecule has 0 spiro atoms. The largest absolute Gasteiger partial charge is 0.497 e. The zero-order chi connectivity index (χ0) is 16.7. The quantitative estimate of drug-likeness (QED) is 0.753. The lowest BCUT2D eigenvalue weighted by Crippen LogP contribution is -2.28. The molecule has 0 heterocycles. The molecule has 0 amide bonds. The summed E-state index contributed by atoms with van der Waals surface area (Å²) < 4.78 is 37.5. The highest BCUT2D eigenvalue weighted by molar-refractivity contribution is 7.89. The summed E-state index contributed by atoms with van der Waals surface area (Å²) in [6.07, 6.45) is 0.869. The van der Waals surface area contributed by atoms with Crippen LogP contribution in [0.5, 0.6) is 11.5 Å². The molecule has 0 bridgehead atoms. The van der Waals surface area contributed by atoms with Gasteiger partial charge in [0.05, 0.1) is 12.0 Å².